The molecule has 1 heterocycles. The number of benzene rings is 2. The Kier molecular flexibility index (Phi) is 6.58. The van der Waals surface area contributed by atoms with Gasteiger partial charge >= 0.3 is 0 Å². The lowest BCUT2D eigenvalue weighted by atomic mass is 10.1. The van der Waals surface area contributed by atoms with Crippen LogP contribution >= 0.6 is 0 Å². The lowest BCUT2D eigenvalue weighted by Gasteiger charge is -2.13. The largest absolute Gasteiger partial charge is 0.497 e. The number of nitrogens with one attached hydrogen (secondary N) is 2. The molecule has 33 heavy (non-hydrogen) atoms. The molecule has 7 nitrogen and oxygen atoms in total. The first-order valence-corrected chi connectivity index (χ1v) is 10.9. The summed E-state index contributed by atoms with van der Waals surface area (Å²) in [6.45, 7) is 2.65. The monoisotopic (exact) mass is 445 g/mol. The SMILES string of the molecule is COc1cccc(Cn2cc(C(=O)NCc3ccc(C)cc3)c(=O)c(C(=O)NC3CC3)c2)c1. The molecule has 1 aliphatic carbocycles. The van der Waals surface area contributed by atoms with Gasteiger partial charge in [-0.1, -0.05) is 42.0 Å². The molecule has 0 aliphatic heterocycles. The maximum Gasteiger partial charge on any atom is 0.257 e. The molecule has 170 valence electrons. The number of carbonyl (C=O) groups is 2. The van der Waals surface area contributed by atoms with Crippen molar-refractivity contribution in [3.8, 4) is 5.75 Å². The van der Waals surface area contributed by atoms with E-state index in [2.05, 4.69) is 10.6 Å². The molecule has 1 aromatic heterocycles. The highest BCUT2D eigenvalue weighted by molar-refractivity contribution is 5.99. The van der Waals surface area contributed by atoms with Gasteiger partial charge in [0.05, 0.1) is 7.11 Å². The molecule has 1 fully saturated rings. The molecular formula is C26H27N3O4. The first-order chi connectivity index (χ1) is 15.9. The summed E-state index contributed by atoms with van der Waals surface area (Å²) >= 11 is 0. The third-order valence-electron chi connectivity index (χ3n) is 5.55. The lowest BCUT2D eigenvalue weighted by molar-refractivity contribution is 0.0948. The van der Waals surface area contributed by atoms with E-state index in [1.807, 2.05) is 55.5 Å². The van der Waals surface area contributed by atoms with E-state index < -0.39 is 17.2 Å². The van der Waals surface area contributed by atoms with Crippen LogP contribution in [0.4, 0.5) is 0 Å². The molecule has 0 saturated heterocycles. The summed E-state index contributed by atoms with van der Waals surface area (Å²) in [5.41, 5.74) is 2.29. The molecule has 0 spiro atoms. The third-order valence-corrected chi connectivity index (χ3v) is 5.55. The van der Waals surface area contributed by atoms with E-state index in [1.54, 1.807) is 11.7 Å². The van der Waals surface area contributed by atoms with E-state index in [-0.39, 0.29) is 23.7 Å². The second kappa shape index (κ2) is 9.73. The molecule has 3 aromatic rings. The van der Waals surface area contributed by atoms with Gasteiger partial charge in [-0.15, -0.1) is 0 Å². The number of hydrogen-bond donors (Lipinski definition) is 2. The summed E-state index contributed by atoms with van der Waals surface area (Å²) in [4.78, 5) is 38.7. The highest BCUT2D eigenvalue weighted by Crippen LogP contribution is 2.19. The van der Waals surface area contributed by atoms with Crippen LogP contribution in [0, 0.1) is 6.92 Å². The van der Waals surface area contributed by atoms with Gasteiger partial charge in [0.25, 0.3) is 11.8 Å². The number of methoxy groups -OCH3 is 1. The number of ether oxygens (including phenoxy) is 1. The average molecular weight is 446 g/mol. The fourth-order valence-electron chi connectivity index (χ4n) is 3.50. The van der Waals surface area contributed by atoms with Crippen LogP contribution < -0.4 is 20.8 Å². The van der Waals surface area contributed by atoms with E-state index in [9.17, 15) is 14.4 Å². The Morgan fingerprint density at radius 2 is 1.70 bits per heavy atom. The predicted molar refractivity (Wildman–Crippen MR) is 126 cm³/mol. The molecule has 4 rings (SSSR count). The summed E-state index contributed by atoms with van der Waals surface area (Å²) in [7, 11) is 1.59. The van der Waals surface area contributed by atoms with Crippen molar-refractivity contribution in [2.75, 3.05) is 7.11 Å². The number of amides is 2. The smallest absolute Gasteiger partial charge is 0.257 e. The van der Waals surface area contributed by atoms with Crippen LogP contribution in [-0.4, -0.2) is 29.5 Å². The van der Waals surface area contributed by atoms with Crippen LogP contribution in [0.15, 0.2) is 65.7 Å². The number of aromatic nitrogens is 1. The van der Waals surface area contributed by atoms with Crippen molar-refractivity contribution in [2.45, 2.75) is 38.9 Å². The minimum absolute atomic E-state index is 0.0345. The Balaban J connectivity index is 1.62. The zero-order valence-electron chi connectivity index (χ0n) is 18.8. The minimum atomic E-state index is -0.573. The molecule has 2 N–H and O–H groups in total. The molecule has 2 aromatic carbocycles. The molecule has 2 amide bonds. The Morgan fingerprint density at radius 3 is 2.36 bits per heavy atom. The molecule has 0 radical (unpaired) electrons. The van der Waals surface area contributed by atoms with Gasteiger partial charge in [-0.05, 0) is 43.0 Å². The van der Waals surface area contributed by atoms with Crippen molar-refractivity contribution < 1.29 is 14.3 Å². The molecule has 0 unspecified atom stereocenters. The van der Waals surface area contributed by atoms with Gasteiger partial charge in [-0.3, -0.25) is 14.4 Å². The van der Waals surface area contributed by atoms with Crippen molar-refractivity contribution in [2.24, 2.45) is 0 Å². The van der Waals surface area contributed by atoms with Crippen molar-refractivity contribution >= 4 is 11.8 Å². The third kappa shape index (κ3) is 5.68. The Hall–Kier alpha value is -3.87. The predicted octanol–water partition coefficient (Wildman–Crippen LogP) is 3.04. The van der Waals surface area contributed by atoms with E-state index in [1.165, 1.54) is 12.4 Å². The van der Waals surface area contributed by atoms with Crippen molar-refractivity contribution in [3.63, 3.8) is 0 Å². The number of aryl methyl sites for hydroxylation is 1. The Labute approximate surface area is 192 Å². The van der Waals surface area contributed by atoms with Gasteiger partial charge in [0.15, 0.2) is 0 Å². The number of carbonyl (C=O) groups excluding carboxylic acids is 2. The Morgan fingerprint density at radius 1 is 1.00 bits per heavy atom. The average Bonchev–Trinajstić information content (AvgIpc) is 3.63. The second-order valence-electron chi connectivity index (χ2n) is 8.35. The van der Waals surface area contributed by atoms with E-state index in [4.69, 9.17) is 4.74 Å². The zero-order chi connectivity index (χ0) is 23.4. The van der Waals surface area contributed by atoms with Crippen LogP contribution in [-0.2, 0) is 13.1 Å². The Bertz CT molecular complexity index is 1230. The molecule has 1 aliphatic rings. The molecule has 7 heteroatoms. The van der Waals surface area contributed by atoms with Gasteiger partial charge in [-0.25, -0.2) is 0 Å². The first kappa shape index (κ1) is 22.3. The molecule has 0 atom stereocenters. The lowest BCUT2D eigenvalue weighted by Crippen LogP contribution is -2.36. The van der Waals surface area contributed by atoms with Crippen molar-refractivity contribution in [3.05, 3.63) is 99.0 Å². The van der Waals surface area contributed by atoms with Crippen LogP contribution in [0.1, 0.15) is 50.2 Å². The topological polar surface area (TPSA) is 89.4 Å². The molecule has 0 bridgehead atoms. The summed E-state index contributed by atoms with van der Waals surface area (Å²) in [6.07, 6.45) is 4.82. The summed E-state index contributed by atoms with van der Waals surface area (Å²) in [5.74, 6) is -0.257. The second-order valence-corrected chi connectivity index (χ2v) is 8.35. The highest BCUT2D eigenvalue weighted by Gasteiger charge is 2.26. The van der Waals surface area contributed by atoms with Gasteiger partial charge in [0, 0.05) is 31.5 Å². The van der Waals surface area contributed by atoms with Crippen molar-refractivity contribution in [1.82, 2.24) is 15.2 Å². The quantitative estimate of drug-likeness (QED) is 0.558. The molecular weight excluding hydrogens is 418 g/mol. The number of rotatable bonds is 8. The van der Waals surface area contributed by atoms with Crippen LogP contribution in [0.25, 0.3) is 0 Å². The minimum Gasteiger partial charge on any atom is -0.497 e. The van der Waals surface area contributed by atoms with Crippen LogP contribution in [0.3, 0.4) is 0 Å². The van der Waals surface area contributed by atoms with Crippen molar-refractivity contribution in [1.29, 1.82) is 0 Å². The zero-order valence-corrected chi connectivity index (χ0v) is 18.8. The maximum atomic E-state index is 13.1. The van der Waals surface area contributed by atoms with E-state index in [0.29, 0.717) is 12.3 Å². The van der Waals surface area contributed by atoms with Gasteiger partial charge < -0.3 is 19.9 Å². The fourth-order valence-corrected chi connectivity index (χ4v) is 3.50. The fraction of sp³-hybridized carbons (Fsp3) is 0.269. The number of hydrogen-bond acceptors (Lipinski definition) is 4. The normalized spacial score (nSPS) is 12.8. The van der Waals surface area contributed by atoms with E-state index in [0.717, 1.165) is 29.5 Å². The maximum absolute atomic E-state index is 13.1. The van der Waals surface area contributed by atoms with Gasteiger partial charge in [-0.2, -0.15) is 0 Å². The van der Waals surface area contributed by atoms with E-state index >= 15 is 0 Å². The molecule has 1 saturated carbocycles. The highest BCUT2D eigenvalue weighted by atomic mass is 16.5. The summed E-state index contributed by atoms with van der Waals surface area (Å²) in [5, 5.41) is 5.65. The van der Waals surface area contributed by atoms with Crippen LogP contribution in [0.5, 0.6) is 5.75 Å². The summed E-state index contributed by atoms with van der Waals surface area (Å²) < 4.78 is 6.97. The number of nitrogens with zero attached hydrogens (tertiary/aromatic N) is 1. The van der Waals surface area contributed by atoms with Crippen LogP contribution in [0.2, 0.25) is 0 Å². The summed E-state index contributed by atoms with van der Waals surface area (Å²) in [6, 6.07) is 15.4. The standard InChI is InChI=1S/C26H27N3O4/c1-17-6-8-18(9-7-17)13-27-25(31)22-15-29(14-19-4-3-5-21(12-19)33-2)16-23(24(22)30)26(32)28-20-10-11-20/h3-9,12,15-16,20H,10-11,13-14H2,1-2H3,(H,27,31)(H,28,32). The van der Waals surface area contributed by atoms with Gasteiger partial charge in [0.2, 0.25) is 5.43 Å². The van der Waals surface area contributed by atoms with Gasteiger partial charge in [0.1, 0.15) is 16.9 Å². The number of pyridine rings is 1. The first-order valence-electron chi connectivity index (χ1n) is 10.9.